The second-order valence-corrected chi connectivity index (χ2v) is 10.1. The predicted molar refractivity (Wildman–Crippen MR) is 117 cm³/mol. The van der Waals surface area contributed by atoms with Crippen LogP contribution >= 0.6 is 11.6 Å². The Hall–Kier alpha value is -1.14. The van der Waals surface area contributed by atoms with E-state index in [1.54, 1.807) is 7.11 Å². The van der Waals surface area contributed by atoms with Crippen molar-refractivity contribution in [3.63, 3.8) is 0 Å². The first-order valence-corrected chi connectivity index (χ1v) is 11.9. The first-order valence-electron chi connectivity index (χ1n) is 11.5. The van der Waals surface area contributed by atoms with E-state index < -0.39 is 0 Å². The van der Waals surface area contributed by atoms with E-state index >= 15 is 0 Å². The molecular formula is C24H33ClN2O3. The third-order valence-corrected chi connectivity index (χ3v) is 8.32. The highest BCUT2D eigenvalue weighted by atomic mass is 35.5. The number of amides is 1. The van der Waals surface area contributed by atoms with Gasteiger partial charge in [-0.1, -0.05) is 24.1 Å². The Morgan fingerprint density at radius 3 is 3.10 bits per heavy atom. The number of hydrogen-bond acceptors (Lipinski definition) is 4. The van der Waals surface area contributed by atoms with Gasteiger partial charge in [-0.25, -0.2) is 0 Å². The molecule has 2 saturated carbocycles. The van der Waals surface area contributed by atoms with Crippen molar-refractivity contribution in [3.8, 4) is 0 Å². The van der Waals surface area contributed by atoms with Crippen LogP contribution < -0.4 is 5.32 Å². The molecule has 2 unspecified atom stereocenters. The maximum atomic E-state index is 13.9. The van der Waals surface area contributed by atoms with Crippen molar-refractivity contribution < 1.29 is 14.3 Å². The van der Waals surface area contributed by atoms with Crippen LogP contribution in [0.3, 0.4) is 0 Å². The number of methoxy groups -OCH3 is 1. The Morgan fingerprint density at radius 1 is 1.33 bits per heavy atom. The maximum absolute atomic E-state index is 13.9. The molecule has 3 fully saturated rings. The molecule has 0 bridgehead atoms. The molecule has 2 heterocycles. The smallest absolute Gasteiger partial charge is 0.229 e. The fourth-order valence-electron chi connectivity index (χ4n) is 6.57. The lowest BCUT2D eigenvalue weighted by Crippen LogP contribution is -2.51. The summed E-state index contributed by atoms with van der Waals surface area (Å²) in [6, 6.07) is 6.83. The van der Waals surface area contributed by atoms with E-state index in [2.05, 4.69) is 16.3 Å². The third kappa shape index (κ3) is 3.68. The van der Waals surface area contributed by atoms with Gasteiger partial charge in [0.2, 0.25) is 5.91 Å². The summed E-state index contributed by atoms with van der Waals surface area (Å²) < 4.78 is 11.2. The molecule has 5 atom stereocenters. The fraction of sp³-hybridized carbons (Fsp3) is 0.708. The summed E-state index contributed by atoms with van der Waals surface area (Å²) in [5.74, 6) is 0.888. The molecule has 1 aromatic rings. The van der Waals surface area contributed by atoms with Gasteiger partial charge in [0.1, 0.15) is 0 Å². The van der Waals surface area contributed by atoms with Crippen LogP contribution in [-0.2, 0) is 27.2 Å². The minimum Gasteiger partial charge on any atom is -0.379 e. The Balaban J connectivity index is 1.30. The Bertz CT molecular complexity index is 803. The molecule has 2 aliphatic heterocycles. The molecule has 164 valence electrons. The molecule has 0 aromatic heterocycles. The zero-order chi connectivity index (χ0) is 20.7. The monoisotopic (exact) mass is 432 g/mol. The van der Waals surface area contributed by atoms with Gasteiger partial charge in [0.25, 0.3) is 0 Å². The van der Waals surface area contributed by atoms with Gasteiger partial charge in [-0.3, -0.25) is 4.79 Å². The summed E-state index contributed by atoms with van der Waals surface area (Å²) in [4.78, 5) is 16.0. The lowest BCUT2D eigenvalue weighted by atomic mass is 9.78. The van der Waals surface area contributed by atoms with Crippen LogP contribution in [0.25, 0.3) is 0 Å². The van der Waals surface area contributed by atoms with Gasteiger partial charge in [0.15, 0.2) is 0 Å². The van der Waals surface area contributed by atoms with E-state index in [1.807, 2.05) is 12.1 Å². The number of hydrogen-bond donors (Lipinski definition) is 1. The first-order chi connectivity index (χ1) is 14.6. The molecule has 30 heavy (non-hydrogen) atoms. The molecule has 6 heteroatoms. The van der Waals surface area contributed by atoms with Crippen molar-refractivity contribution in [1.29, 1.82) is 0 Å². The van der Waals surface area contributed by atoms with Crippen LogP contribution in [0.2, 0.25) is 5.02 Å². The molecule has 5 nitrogen and oxygen atoms in total. The number of benzene rings is 1. The van der Waals surface area contributed by atoms with Crippen LogP contribution in [0, 0.1) is 11.3 Å². The van der Waals surface area contributed by atoms with Crippen molar-refractivity contribution in [2.75, 3.05) is 26.9 Å². The number of nitrogens with zero attached hydrogens (tertiary/aromatic N) is 1. The summed E-state index contributed by atoms with van der Waals surface area (Å²) in [5, 5.41) is 4.62. The minimum absolute atomic E-state index is 0.106. The van der Waals surface area contributed by atoms with E-state index in [0.29, 0.717) is 37.1 Å². The highest BCUT2D eigenvalue weighted by molar-refractivity contribution is 6.30. The third-order valence-electron chi connectivity index (χ3n) is 8.09. The van der Waals surface area contributed by atoms with Crippen molar-refractivity contribution in [1.82, 2.24) is 10.2 Å². The number of nitrogens with one attached hydrogen (secondary N) is 1. The number of rotatable bonds is 4. The van der Waals surface area contributed by atoms with Crippen LogP contribution in [0.15, 0.2) is 18.2 Å². The maximum Gasteiger partial charge on any atom is 0.229 e. The van der Waals surface area contributed by atoms with E-state index in [1.165, 1.54) is 24.0 Å². The highest BCUT2D eigenvalue weighted by Crippen LogP contribution is 2.55. The molecule has 2 aliphatic carbocycles. The summed E-state index contributed by atoms with van der Waals surface area (Å²) in [6.07, 6.45) is 7.48. The number of fused-ring (bicyclic) bond motifs is 2. The van der Waals surface area contributed by atoms with Crippen molar-refractivity contribution in [3.05, 3.63) is 34.3 Å². The molecule has 4 aliphatic rings. The molecule has 0 spiro atoms. The summed E-state index contributed by atoms with van der Waals surface area (Å²) in [7, 11) is 1.77. The van der Waals surface area contributed by atoms with Crippen LogP contribution in [0.4, 0.5) is 0 Å². The molecule has 0 radical (unpaired) electrons. The second-order valence-electron chi connectivity index (χ2n) is 9.68. The van der Waals surface area contributed by atoms with E-state index in [4.69, 9.17) is 21.1 Å². The standard InChI is InChI=1S/C24H33ClN2O3/c1-29-22-15-30-10-7-21(22)26-20-12-18-3-2-8-24(18,13-20)23(28)27-9-6-16-4-5-19(25)11-17(16)14-27/h4-5,11,18,20-22,26H,2-3,6-10,12-15H2,1H3/t18-,20-,21?,22?,24-/m1/s1. The molecule has 1 amide bonds. The summed E-state index contributed by atoms with van der Waals surface area (Å²) in [6.45, 7) is 2.97. The van der Waals surface area contributed by atoms with Crippen molar-refractivity contribution in [2.45, 2.75) is 69.7 Å². The van der Waals surface area contributed by atoms with Gasteiger partial charge >= 0.3 is 0 Å². The van der Waals surface area contributed by atoms with Gasteiger partial charge in [-0.15, -0.1) is 0 Å². The van der Waals surface area contributed by atoms with Crippen LogP contribution in [0.1, 0.15) is 49.7 Å². The van der Waals surface area contributed by atoms with E-state index in [9.17, 15) is 4.79 Å². The van der Waals surface area contributed by atoms with Crippen LogP contribution in [-0.4, -0.2) is 55.9 Å². The predicted octanol–water partition coefficient (Wildman–Crippen LogP) is 3.57. The number of carbonyl (C=O) groups excluding carboxylic acids is 1. The normalized spacial score (nSPS) is 35.9. The minimum atomic E-state index is -0.179. The topological polar surface area (TPSA) is 50.8 Å². The quantitative estimate of drug-likeness (QED) is 0.790. The number of ether oxygens (including phenoxy) is 2. The van der Waals surface area contributed by atoms with Crippen LogP contribution in [0.5, 0.6) is 0 Å². The summed E-state index contributed by atoms with van der Waals surface area (Å²) >= 11 is 6.22. The highest BCUT2D eigenvalue weighted by Gasteiger charge is 2.56. The van der Waals surface area contributed by atoms with Gasteiger partial charge < -0.3 is 19.7 Å². The summed E-state index contributed by atoms with van der Waals surface area (Å²) in [5.41, 5.74) is 2.37. The molecule has 5 rings (SSSR count). The van der Waals surface area contributed by atoms with E-state index in [0.717, 1.165) is 50.3 Å². The zero-order valence-corrected chi connectivity index (χ0v) is 18.6. The average molecular weight is 433 g/mol. The Kier molecular flexibility index (Phi) is 5.82. The Labute approximate surface area is 184 Å². The SMILES string of the molecule is COC1COCCC1N[C@@H]1C[C@H]2CCC[C@@]2(C(=O)N2CCc3ccc(Cl)cc3C2)C1. The van der Waals surface area contributed by atoms with Gasteiger partial charge in [-0.2, -0.15) is 0 Å². The average Bonchev–Trinajstić information content (AvgIpc) is 3.31. The number of halogens is 1. The lowest BCUT2D eigenvalue weighted by molar-refractivity contribution is -0.144. The first kappa shape index (κ1) is 20.7. The van der Waals surface area contributed by atoms with Crippen molar-refractivity contribution in [2.24, 2.45) is 11.3 Å². The lowest BCUT2D eigenvalue weighted by Gasteiger charge is -2.38. The van der Waals surface area contributed by atoms with Gasteiger partial charge in [0, 0.05) is 43.9 Å². The van der Waals surface area contributed by atoms with Gasteiger partial charge in [-0.05, 0) is 67.7 Å². The molecule has 1 saturated heterocycles. The van der Waals surface area contributed by atoms with Gasteiger partial charge in [0.05, 0.1) is 18.1 Å². The van der Waals surface area contributed by atoms with E-state index in [-0.39, 0.29) is 11.5 Å². The fourth-order valence-corrected chi connectivity index (χ4v) is 6.76. The van der Waals surface area contributed by atoms with Crippen molar-refractivity contribution >= 4 is 17.5 Å². The largest absolute Gasteiger partial charge is 0.379 e. The zero-order valence-electron chi connectivity index (χ0n) is 17.9. The second kappa shape index (κ2) is 8.42. The molecule has 1 N–H and O–H groups in total. The number of carbonyl (C=O) groups is 1. The molecular weight excluding hydrogens is 400 g/mol. The molecule has 1 aromatic carbocycles. The Morgan fingerprint density at radius 2 is 2.23 bits per heavy atom.